The van der Waals surface area contributed by atoms with Crippen LogP contribution in [0.25, 0.3) is 0 Å². The maximum Gasteiger partial charge on any atom is 0.270 e. The van der Waals surface area contributed by atoms with Crippen molar-refractivity contribution in [2.24, 2.45) is 5.41 Å². The van der Waals surface area contributed by atoms with Crippen molar-refractivity contribution in [1.82, 2.24) is 5.32 Å². The molecular weight excluding hydrogens is 275 g/mol. The van der Waals surface area contributed by atoms with Crippen molar-refractivity contribution in [3.8, 4) is 0 Å². The van der Waals surface area contributed by atoms with E-state index in [1.165, 1.54) is 0 Å². The molecule has 0 bridgehead atoms. The zero-order chi connectivity index (χ0) is 15.5. The van der Waals surface area contributed by atoms with Gasteiger partial charge in [-0.05, 0) is 30.7 Å². The number of benzene rings is 1. The SMILES string of the molecule is CCC1(CNC(=O)c2cc([N+](=O)[O-])ccc2F)CCCC1. The van der Waals surface area contributed by atoms with Crippen LogP contribution in [0, 0.1) is 21.3 Å². The molecule has 1 saturated carbocycles. The predicted molar refractivity (Wildman–Crippen MR) is 76.6 cm³/mol. The van der Waals surface area contributed by atoms with Crippen LogP contribution in [-0.4, -0.2) is 17.4 Å². The fourth-order valence-electron chi connectivity index (χ4n) is 2.94. The Bertz CT molecular complexity index is 554. The number of nitro groups is 1. The Balaban J connectivity index is 2.09. The van der Waals surface area contributed by atoms with Gasteiger partial charge in [0.05, 0.1) is 10.5 Å². The van der Waals surface area contributed by atoms with Crippen molar-refractivity contribution < 1.29 is 14.1 Å². The van der Waals surface area contributed by atoms with Gasteiger partial charge in [-0.2, -0.15) is 0 Å². The van der Waals surface area contributed by atoms with Gasteiger partial charge in [-0.15, -0.1) is 0 Å². The Hall–Kier alpha value is -1.98. The zero-order valence-electron chi connectivity index (χ0n) is 12.0. The van der Waals surface area contributed by atoms with E-state index in [2.05, 4.69) is 12.2 Å². The summed E-state index contributed by atoms with van der Waals surface area (Å²) >= 11 is 0. The highest BCUT2D eigenvalue weighted by molar-refractivity contribution is 5.95. The van der Waals surface area contributed by atoms with Crippen molar-refractivity contribution in [1.29, 1.82) is 0 Å². The summed E-state index contributed by atoms with van der Waals surface area (Å²) in [5.74, 6) is -1.33. The van der Waals surface area contributed by atoms with Gasteiger partial charge in [-0.1, -0.05) is 19.8 Å². The summed E-state index contributed by atoms with van der Waals surface area (Å²) in [7, 11) is 0. The lowest BCUT2D eigenvalue weighted by Crippen LogP contribution is -2.36. The van der Waals surface area contributed by atoms with Crippen LogP contribution in [0.3, 0.4) is 0 Å². The quantitative estimate of drug-likeness (QED) is 0.668. The molecule has 1 aliphatic rings. The minimum absolute atomic E-state index is 0.0901. The Morgan fingerprint density at radius 3 is 2.67 bits per heavy atom. The van der Waals surface area contributed by atoms with Crippen molar-refractivity contribution in [2.75, 3.05) is 6.54 Å². The summed E-state index contributed by atoms with van der Waals surface area (Å²) < 4.78 is 13.7. The van der Waals surface area contributed by atoms with Gasteiger partial charge in [0.15, 0.2) is 0 Å². The van der Waals surface area contributed by atoms with E-state index in [9.17, 15) is 19.3 Å². The smallest absolute Gasteiger partial charge is 0.270 e. The second kappa shape index (κ2) is 6.20. The van der Waals surface area contributed by atoms with E-state index in [1.54, 1.807) is 0 Å². The summed E-state index contributed by atoms with van der Waals surface area (Å²) in [6, 6.07) is 2.99. The Morgan fingerprint density at radius 2 is 2.10 bits per heavy atom. The summed E-state index contributed by atoms with van der Waals surface area (Å²) in [6.45, 7) is 2.58. The molecule has 0 unspecified atom stereocenters. The number of carbonyl (C=O) groups excluding carboxylic acids is 1. The van der Waals surface area contributed by atoms with E-state index in [0.29, 0.717) is 6.54 Å². The molecule has 6 heteroatoms. The number of hydrogen-bond acceptors (Lipinski definition) is 3. The first-order chi connectivity index (χ1) is 9.97. The summed E-state index contributed by atoms with van der Waals surface area (Å²) in [6.07, 6.45) is 5.37. The van der Waals surface area contributed by atoms with Crippen LogP contribution in [0.5, 0.6) is 0 Å². The lowest BCUT2D eigenvalue weighted by atomic mass is 9.83. The molecule has 2 rings (SSSR count). The number of non-ortho nitro benzene ring substituents is 1. The van der Waals surface area contributed by atoms with E-state index in [0.717, 1.165) is 50.3 Å². The Labute approximate surface area is 122 Å². The minimum Gasteiger partial charge on any atom is -0.351 e. The third-order valence-electron chi connectivity index (χ3n) is 4.44. The number of nitro benzene ring substituents is 1. The molecule has 0 aromatic heterocycles. The van der Waals surface area contributed by atoms with Gasteiger partial charge < -0.3 is 5.32 Å². The zero-order valence-corrected chi connectivity index (χ0v) is 12.0. The third-order valence-corrected chi connectivity index (χ3v) is 4.44. The maximum absolute atomic E-state index is 13.7. The molecule has 0 radical (unpaired) electrons. The molecule has 1 fully saturated rings. The van der Waals surface area contributed by atoms with E-state index < -0.39 is 16.6 Å². The highest BCUT2D eigenvalue weighted by atomic mass is 19.1. The Kier molecular flexibility index (Phi) is 4.55. The first-order valence-electron chi connectivity index (χ1n) is 7.19. The van der Waals surface area contributed by atoms with Crippen molar-refractivity contribution in [3.63, 3.8) is 0 Å². The standard InChI is InChI=1S/C15H19FN2O3/c1-2-15(7-3-4-8-15)10-17-14(19)12-9-11(18(20)21)5-6-13(12)16/h5-6,9H,2-4,7-8,10H2,1H3,(H,17,19). The average Bonchev–Trinajstić information content (AvgIpc) is 2.94. The number of amides is 1. The Morgan fingerprint density at radius 1 is 1.43 bits per heavy atom. The van der Waals surface area contributed by atoms with Gasteiger partial charge in [0.25, 0.3) is 11.6 Å². The van der Waals surface area contributed by atoms with Crippen molar-refractivity contribution in [3.05, 3.63) is 39.7 Å². The third kappa shape index (κ3) is 3.37. The highest BCUT2D eigenvalue weighted by Crippen LogP contribution is 2.40. The van der Waals surface area contributed by atoms with Crippen LogP contribution in [0.15, 0.2) is 18.2 Å². The van der Waals surface area contributed by atoms with Gasteiger partial charge in [-0.25, -0.2) is 4.39 Å². The molecule has 0 heterocycles. The molecule has 1 amide bonds. The number of hydrogen-bond donors (Lipinski definition) is 1. The summed E-state index contributed by atoms with van der Waals surface area (Å²) in [5.41, 5.74) is -0.464. The van der Waals surface area contributed by atoms with E-state index in [-0.39, 0.29) is 16.7 Å². The molecule has 114 valence electrons. The number of nitrogens with one attached hydrogen (secondary N) is 1. The number of halogens is 1. The van der Waals surface area contributed by atoms with Gasteiger partial charge >= 0.3 is 0 Å². The van der Waals surface area contributed by atoms with Gasteiger partial charge in [0.1, 0.15) is 5.82 Å². The van der Waals surface area contributed by atoms with Crippen molar-refractivity contribution >= 4 is 11.6 Å². The predicted octanol–water partition coefficient (Wildman–Crippen LogP) is 3.43. The van der Waals surface area contributed by atoms with Crippen LogP contribution in [-0.2, 0) is 0 Å². The summed E-state index contributed by atoms with van der Waals surface area (Å²) in [4.78, 5) is 22.1. The van der Waals surface area contributed by atoms with E-state index in [4.69, 9.17) is 0 Å². The monoisotopic (exact) mass is 294 g/mol. The van der Waals surface area contributed by atoms with E-state index in [1.807, 2.05) is 0 Å². The average molecular weight is 294 g/mol. The molecule has 1 aromatic rings. The van der Waals surface area contributed by atoms with Gasteiger partial charge in [0.2, 0.25) is 0 Å². The minimum atomic E-state index is -0.741. The number of rotatable bonds is 5. The second-order valence-electron chi connectivity index (χ2n) is 5.66. The van der Waals surface area contributed by atoms with Crippen LogP contribution >= 0.6 is 0 Å². The molecule has 0 spiro atoms. The molecule has 0 saturated heterocycles. The number of carbonyl (C=O) groups is 1. The summed E-state index contributed by atoms with van der Waals surface area (Å²) in [5, 5.41) is 13.4. The first-order valence-corrected chi connectivity index (χ1v) is 7.19. The molecule has 0 atom stereocenters. The molecule has 0 aliphatic heterocycles. The van der Waals surface area contributed by atoms with Crippen LogP contribution in [0.2, 0.25) is 0 Å². The first kappa shape index (κ1) is 15.4. The fraction of sp³-hybridized carbons (Fsp3) is 0.533. The molecule has 1 N–H and O–H groups in total. The largest absolute Gasteiger partial charge is 0.351 e. The lowest BCUT2D eigenvalue weighted by molar-refractivity contribution is -0.384. The molecule has 1 aliphatic carbocycles. The fourth-order valence-corrected chi connectivity index (χ4v) is 2.94. The van der Waals surface area contributed by atoms with Crippen LogP contribution in [0.1, 0.15) is 49.4 Å². The molecule has 21 heavy (non-hydrogen) atoms. The van der Waals surface area contributed by atoms with Gasteiger partial charge in [-0.3, -0.25) is 14.9 Å². The molecule has 5 nitrogen and oxygen atoms in total. The number of nitrogens with zero attached hydrogens (tertiary/aromatic N) is 1. The lowest BCUT2D eigenvalue weighted by Gasteiger charge is -2.27. The topological polar surface area (TPSA) is 72.2 Å². The molecular formula is C15H19FN2O3. The van der Waals surface area contributed by atoms with Crippen molar-refractivity contribution in [2.45, 2.75) is 39.0 Å². The van der Waals surface area contributed by atoms with Crippen LogP contribution in [0.4, 0.5) is 10.1 Å². The molecule has 1 aromatic carbocycles. The normalized spacial score (nSPS) is 16.7. The maximum atomic E-state index is 13.7. The van der Waals surface area contributed by atoms with Gasteiger partial charge in [0, 0.05) is 18.7 Å². The van der Waals surface area contributed by atoms with Crippen LogP contribution < -0.4 is 5.32 Å². The second-order valence-corrected chi connectivity index (χ2v) is 5.66. The highest BCUT2D eigenvalue weighted by Gasteiger charge is 2.32. The van der Waals surface area contributed by atoms with E-state index >= 15 is 0 Å².